The molecular weight excluding hydrogens is 508 g/mol. The number of benzene rings is 3. The number of fused-ring (bicyclic) bond motifs is 3. The lowest BCUT2D eigenvalue weighted by atomic mass is 10.2. The maximum Gasteiger partial charge on any atom is 0.265 e. The number of aromatic nitrogens is 4. The smallest absolute Gasteiger partial charge is 0.265 e. The monoisotopic (exact) mass is 530 g/mol. The van der Waals surface area contributed by atoms with Crippen LogP contribution in [0.15, 0.2) is 76.3 Å². The molecule has 2 aromatic heterocycles. The Morgan fingerprint density at radius 1 is 1.03 bits per heavy atom. The minimum atomic E-state index is 0.327. The van der Waals surface area contributed by atoms with Gasteiger partial charge in [0.15, 0.2) is 17.1 Å². The van der Waals surface area contributed by atoms with E-state index in [4.69, 9.17) is 9.47 Å². The van der Waals surface area contributed by atoms with Crippen LogP contribution in [0.4, 0.5) is 5.95 Å². The van der Waals surface area contributed by atoms with Crippen molar-refractivity contribution in [3.8, 4) is 11.5 Å². The largest absolute Gasteiger partial charge is 0.493 e. The normalized spacial score (nSPS) is 11.4. The van der Waals surface area contributed by atoms with Gasteiger partial charge in [0.2, 0.25) is 0 Å². The molecule has 0 radical (unpaired) electrons. The lowest BCUT2D eigenvalue weighted by molar-refractivity contribution is 0.284. The van der Waals surface area contributed by atoms with E-state index in [2.05, 4.69) is 59.2 Å². The molecule has 5 aromatic rings. The van der Waals surface area contributed by atoms with E-state index in [1.807, 2.05) is 60.7 Å². The molecule has 2 heterocycles. The summed E-state index contributed by atoms with van der Waals surface area (Å²) in [6.07, 6.45) is 1.67. The zero-order valence-electron chi connectivity index (χ0n) is 19.3. The van der Waals surface area contributed by atoms with Gasteiger partial charge < -0.3 is 14.0 Å². The van der Waals surface area contributed by atoms with Crippen LogP contribution in [0.25, 0.3) is 22.1 Å². The van der Waals surface area contributed by atoms with E-state index in [1.54, 1.807) is 13.3 Å². The SMILES string of the molecule is CCn1c2ccccc2c2nnc(N/N=C/c3ccc(OCc4ccc(Br)cc4)c(OC)c3)nc21. The summed E-state index contributed by atoms with van der Waals surface area (Å²) in [5.41, 5.74) is 7.42. The Kier molecular flexibility index (Phi) is 6.58. The number of nitrogens with one attached hydrogen (secondary N) is 1. The van der Waals surface area contributed by atoms with Crippen molar-refractivity contribution < 1.29 is 9.47 Å². The van der Waals surface area contributed by atoms with Gasteiger partial charge >= 0.3 is 0 Å². The molecule has 0 amide bonds. The van der Waals surface area contributed by atoms with E-state index in [0.29, 0.717) is 24.1 Å². The first-order valence-corrected chi connectivity index (χ1v) is 11.9. The van der Waals surface area contributed by atoms with E-state index < -0.39 is 0 Å². The van der Waals surface area contributed by atoms with Crippen LogP contribution in [0.5, 0.6) is 11.5 Å². The van der Waals surface area contributed by atoms with Crippen molar-refractivity contribution >= 4 is 50.2 Å². The van der Waals surface area contributed by atoms with Crippen LogP contribution < -0.4 is 14.9 Å². The molecule has 176 valence electrons. The first kappa shape index (κ1) is 22.8. The summed E-state index contributed by atoms with van der Waals surface area (Å²) < 4.78 is 14.6. The van der Waals surface area contributed by atoms with Gasteiger partial charge in [-0.3, -0.25) is 0 Å². The highest BCUT2D eigenvalue weighted by molar-refractivity contribution is 9.10. The average molecular weight is 531 g/mol. The summed E-state index contributed by atoms with van der Waals surface area (Å²) in [5.74, 6) is 1.61. The molecular formula is C26H23BrN6O2. The number of hydrogen-bond donors (Lipinski definition) is 1. The lowest BCUT2D eigenvalue weighted by Gasteiger charge is -2.11. The zero-order valence-corrected chi connectivity index (χ0v) is 20.9. The second-order valence-corrected chi connectivity index (χ2v) is 8.68. The second kappa shape index (κ2) is 10.1. The average Bonchev–Trinajstić information content (AvgIpc) is 3.21. The van der Waals surface area contributed by atoms with Crippen LogP contribution in [0.1, 0.15) is 18.1 Å². The molecule has 0 saturated carbocycles. The van der Waals surface area contributed by atoms with Gasteiger partial charge in [0.05, 0.1) is 18.8 Å². The number of hydrazone groups is 1. The number of halogens is 1. The summed E-state index contributed by atoms with van der Waals surface area (Å²) in [7, 11) is 1.61. The van der Waals surface area contributed by atoms with Crippen molar-refractivity contribution in [2.45, 2.75) is 20.1 Å². The summed E-state index contributed by atoms with van der Waals surface area (Å²) >= 11 is 3.44. The quantitative estimate of drug-likeness (QED) is 0.201. The van der Waals surface area contributed by atoms with Crippen molar-refractivity contribution in [3.63, 3.8) is 0 Å². The maximum absolute atomic E-state index is 5.94. The van der Waals surface area contributed by atoms with E-state index in [9.17, 15) is 0 Å². The molecule has 0 aliphatic heterocycles. The Balaban J connectivity index is 1.30. The highest BCUT2D eigenvalue weighted by Gasteiger charge is 2.13. The summed E-state index contributed by atoms with van der Waals surface area (Å²) in [6.45, 7) is 3.31. The highest BCUT2D eigenvalue weighted by atomic mass is 79.9. The van der Waals surface area contributed by atoms with Gasteiger partial charge in [0.25, 0.3) is 5.95 Å². The molecule has 3 aromatic carbocycles. The van der Waals surface area contributed by atoms with Gasteiger partial charge in [0, 0.05) is 16.4 Å². The third kappa shape index (κ3) is 4.81. The number of ether oxygens (including phenoxy) is 2. The molecule has 35 heavy (non-hydrogen) atoms. The molecule has 0 spiro atoms. The van der Waals surface area contributed by atoms with E-state index >= 15 is 0 Å². The summed E-state index contributed by atoms with van der Waals surface area (Å²) in [5, 5.41) is 13.9. The van der Waals surface area contributed by atoms with Gasteiger partial charge in [-0.15, -0.1) is 10.2 Å². The number of rotatable bonds is 8. The Hall–Kier alpha value is -3.98. The second-order valence-electron chi connectivity index (χ2n) is 7.76. The van der Waals surface area contributed by atoms with Crippen LogP contribution in [-0.4, -0.2) is 33.1 Å². The summed E-state index contributed by atoms with van der Waals surface area (Å²) in [4.78, 5) is 4.64. The maximum atomic E-state index is 5.94. The summed E-state index contributed by atoms with van der Waals surface area (Å²) in [6, 6.07) is 21.7. The Labute approximate surface area is 210 Å². The Bertz CT molecular complexity index is 1510. The molecule has 9 heteroatoms. The molecule has 0 aliphatic carbocycles. The molecule has 0 fully saturated rings. The molecule has 0 aliphatic rings. The van der Waals surface area contributed by atoms with Gasteiger partial charge in [-0.2, -0.15) is 10.1 Å². The minimum Gasteiger partial charge on any atom is -0.493 e. The molecule has 0 atom stereocenters. The van der Waals surface area contributed by atoms with Crippen LogP contribution in [0.3, 0.4) is 0 Å². The molecule has 5 rings (SSSR count). The first-order valence-electron chi connectivity index (χ1n) is 11.1. The third-order valence-corrected chi connectivity index (χ3v) is 6.09. The fraction of sp³-hybridized carbons (Fsp3) is 0.154. The fourth-order valence-electron chi connectivity index (χ4n) is 3.86. The van der Waals surface area contributed by atoms with Crippen LogP contribution in [0, 0.1) is 0 Å². The topological polar surface area (TPSA) is 86.5 Å². The van der Waals surface area contributed by atoms with Crippen molar-refractivity contribution in [3.05, 3.63) is 82.3 Å². The predicted octanol–water partition coefficient (Wildman–Crippen LogP) is 5.80. The number of methoxy groups -OCH3 is 1. The fourth-order valence-corrected chi connectivity index (χ4v) is 4.13. The minimum absolute atomic E-state index is 0.327. The van der Waals surface area contributed by atoms with Crippen LogP contribution in [-0.2, 0) is 13.2 Å². The van der Waals surface area contributed by atoms with Crippen LogP contribution >= 0.6 is 15.9 Å². The lowest BCUT2D eigenvalue weighted by Crippen LogP contribution is -2.02. The highest BCUT2D eigenvalue weighted by Crippen LogP contribution is 2.29. The van der Waals surface area contributed by atoms with Crippen molar-refractivity contribution in [2.75, 3.05) is 12.5 Å². The van der Waals surface area contributed by atoms with E-state index in [1.165, 1.54) is 0 Å². The van der Waals surface area contributed by atoms with Gasteiger partial charge in [-0.05, 0) is 54.4 Å². The van der Waals surface area contributed by atoms with E-state index in [-0.39, 0.29) is 0 Å². The van der Waals surface area contributed by atoms with Crippen LogP contribution in [0.2, 0.25) is 0 Å². The zero-order chi connectivity index (χ0) is 24.2. The first-order chi connectivity index (χ1) is 17.2. The van der Waals surface area contributed by atoms with Gasteiger partial charge in [0.1, 0.15) is 12.1 Å². The van der Waals surface area contributed by atoms with E-state index in [0.717, 1.165) is 44.2 Å². The molecule has 0 unspecified atom stereocenters. The molecule has 8 nitrogen and oxygen atoms in total. The third-order valence-electron chi connectivity index (χ3n) is 5.56. The molecule has 1 N–H and O–H groups in total. The molecule has 0 bridgehead atoms. The Morgan fingerprint density at radius 2 is 1.86 bits per heavy atom. The number of para-hydroxylation sites is 1. The van der Waals surface area contributed by atoms with Crippen molar-refractivity contribution in [1.82, 2.24) is 19.7 Å². The number of aryl methyl sites for hydroxylation is 1. The van der Waals surface area contributed by atoms with Crippen molar-refractivity contribution in [1.29, 1.82) is 0 Å². The number of nitrogens with zero attached hydrogens (tertiary/aromatic N) is 5. The number of anilines is 1. The van der Waals surface area contributed by atoms with Gasteiger partial charge in [-0.1, -0.05) is 46.3 Å². The van der Waals surface area contributed by atoms with Gasteiger partial charge in [-0.25, -0.2) is 5.43 Å². The van der Waals surface area contributed by atoms with Crippen molar-refractivity contribution in [2.24, 2.45) is 5.10 Å². The Morgan fingerprint density at radius 3 is 2.66 bits per heavy atom. The standard InChI is InChI=1S/C26H23BrN6O2/c1-3-33-21-7-5-4-6-20(21)24-25(33)29-26(32-30-24)31-28-15-18-10-13-22(23(14-18)34-2)35-16-17-8-11-19(27)12-9-17/h4-15H,3,16H2,1-2H3,(H,29,31,32)/b28-15+. The predicted molar refractivity (Wildman–Crippen MR) is 141 cm³/mol. The molecule has 0 saturated heterocycles. The number of hydrogen-bond acceptors (Lipinski definition) is 7.